The number of alkyl halides is 3. The maximum Gasteiger partial charge on any atom is 0.417 e. The van der Waals surface area contributed by atoms with Crippen molar-refractivity contribution in [2.45, 2.75) is 25.6 Å². The van der Waals surface area contributed by atoms with Crippen LogP contribution in [0.15, 0.2) is 28.8 Å². The molecule has 0 aliphatic rings. The summed E-state index contributed by atoms with van der Waals surface area (Å²) in [5.41, 5.74) is 0.921. The Bertz CT molecular complexity index is 761. The minimum absolute atomic E-state index is 0.0752. The molecule has 2 rings (SSSR count). The monoisotopic (exact) mass is 373 g/mol. The zero-order chi connectivity index (χ0) is 19.3. The van der Waals surface area contributed by atoms with Crippen molar-refractivity contribution in [3.8, 4) is 17.0 Å². The molecule has 1 aromatic carbocycles. The van der Waals surface area contributed by atoms with Gasteiger partial charge in [0.15, 0.2) is 11.8 Å². The second-order valence-corrected chi connectivity index (χ2v) is 5.29. The van der Waals surface area contributed by atoms with E-state index in [1.54, 1.807) is 0 Å². The van der Waals surface area contributed by atoms with E-state index in [0.717, 1.165) is 13.2 Å². The van der Waals surface area contributed by atoms with E-state index in [4.69, 9.17) is 15.1 Å². The number of ether oxygens (including phenoxy) is 2. The zero-order valence-electron chi connectivity index (χ0n) is 14.1. The lowest BCUT2D eigenvalue weighted by molar-refractivity contribution is -0.144. The molecule has 0 amide bonds. The summed E-state index contributed by atoms with van der Waals surface area (Å²) in [5.74, 6) is 4.52. The molecule has 0 saturated heterocycles. The fourth-order valence-electron chi connectivity index (χ4n) is 2.23. The first-order valence-electron chi connectivity index (χ1n) is 7.66. The summed E-state index contributed by atoms with van der Waals surface area (Å²) in [7, 11) is 1.14. The number of esters is 1. The van der Waals surface area contributed by atoms with Gasteiger partial charge in [-0.3, -0.25) is 5.84 Å². The molecular formula is C16H18F3N3O4. The number of nitrogens with zero attached hydrogens (tertiary/aromatic N) is 1. The Kier molecular flexibility index (Phi) is 6.22. The molecule has 7 nitrogen and oxygen atoms in total. The first-order valence-corrected chi connectivity index (χ1v) is 7.66. The number of rotatable bonds is 7. The van der Waals surface area contributed by atoms with E-state index in [1.165, 1.54) is 18.2 Å². The average molecular weight is 373 g/mol. The Morgan fingerprint density at radius 1 is 1.38 bits per heavy atom. The topological polar surface area (TPSA) is 99.6 Å². The van der Waals surface area contributed by atoms with Crippen molar-refractivity contribution in [2.24, 2.45) is 5.84 Å². The van der Waals surface area contributed by atoms with Gasteiger partial charge in [-0.15, -0.1) is 0 Å². The van der Waals surface area contributed by atoms with E-state index in [0.29, 0.717) is 13.0 Å². The van der Waals surface area contributed by atoms with Crippen LogP contribution in [0.4, 0.5) is 13.2 Å². The summed E-state index contributed by atoms with van der Waals surface area (Å²) in [6, 6.07) is 3.55. The highest BCUT2D eigenvalue weighted by atomic mass is 19.4. The molecule has 3 N–H and O–H groups in total. The molecule has 0 fully saturated rings. The molecule has 0 radical (unpaired) electrons. The number of hydrogen-bond donors (Lipinski definition) is 2. The normalized spacial score (nSPS) is 12.7. The number of carbonyl (C=O) groups excluding carboxylic acids is 1. The number of nitrogens with one attached hydrogen (secondary N) is 1. The van der Waals surface area contributed by atoms with Crippen molar-refractivity contribution in [1.29, 1.82) is 0 Å². The summed E-state index contributed by atoms with van der Waals surface area (Å²) in [4.78, 5) is 11.6. The highest BCUT2D eigenvalue weighted by Crippen LogP contribution is 2.39. The van der Waals surface area contributed by atoms with Gasteiger partial charge in [0.05, 0.1) is 19.3 Å². The van der Waals surface area contributed by atoms with Crippen LogP contribution in [-0.4, -0.2) is 24.8 Å². The molecule has 2 aromatic rings. The molecule has 142 valence electrons. The molecule has 1 atom stereocenters. The molecule has 1 aromatic heterocycles. The lowest BCUT2D eigenvalue weighted by atomic mass is 10.0. The van der Waals surface area contributed by atoms with Crippen molar-refractivity contribution in [2.75, 3.05) is 13.7 Å². The smallest absolute Gasteiger partial charge is 0.417 e. The highest BCUT2D eigenvalue weighted by molar-refractivity contribution is 5.77. The third-order valence-electron chi connectivity index (χ3n) is 3.46. The van der Waals surface area contributed by atoms with Crippen LogP contribution in [0, 0.1) is 0 Å². The van der Waals surface area contributed by atoms with Gasteiger partial charge < -0.3 is 14.0 Å². The van der Waals surface area contributed by atoms with E-state index in [2.05, 4.69) is 15.3 Å². The molecule has 0 aliphatic heterocycles. The SMILES string of the molecule is CCCOc1ccc(-c2cc(C(NN)C(=O)OC)on2)c(C(F)(F)F)c1. The van der Waals surface area contributed by atoms with E-state index in [9.17, 15) is 18.0 Å². The number of aromatic nitrogens is 1. The third-order valence-corrected chi connectivity index (χ3v) is 3.46. The Hall–Kier alpha value is -2.59. The maximum absolute atomic E-state index is 13.4. The van der Waals surface area contributed by atoms with Gasteiger partial charge in [0.2, 0.25) is 0 Å². The molecule has 0 bridgehead atoms. The van der Waals surface area contributed by atoms with E-state index in [1.807, 2.05) is 6.92 Å². The Balaban J connectivity index is 2.43. The van der Waals surface area contributed by atoms with Crippen LogP contribution in [0.3, 0.4) is 0 Å². The second-order valence-electron chi connectivity index (χ2n) is 5.29. The molecule has 0 aliphatic carbocycles. The summed E-state index contributed by atoms with van der Waals surface area (Å²) in [6.45, 7) is 2.15. The number of carbonyl (C=O) groups is 1. The second kappa shape index (κ2) is 8.19. The van der Waals surface area contributed by atoms with E-state index >= 15 is 0 Å². The Morgan fingerprint density at radius 2 is 2.12 bits per heavy atom. The number of nitrogens with two attached hydrogens (primary N) is 1. The highest BCUT2D eigenvalue weighted by Gasteiger charge is 2.35. The minimum Gasteiger partial charge on any atom is -0.494 e. The lowest BCUT2D eigenvalue weighted by Crippen LogP contribution is -2.34. The largest absolute Gasteiger partial charge is 0.494 e. The molecular weight excluding hydrogens is 355 g/mol. The zero-order valence-corrected chi connectivity index (χ0v) is 14.1. The Morgan fingerprint density at radius 3 is 2.69 bits per heavy atom. The maximum atomic E-state index is 13.4. The number of hydrogen-bond acceptors (Lipinski definition) is 7. The van der Waals surface area contributed by atoms with Crippen molar-refractivity contribution < 1.29 is 32.0 Å². The van der Waals surface area contributed by atoms with Crippen LogP contribution in [-0.2, 0) is 15.7 Å². The van der Waals surface area contributed by atoms with Gasteiger partial charge in [-0.1, -0.05) is 12.1 Å². The first kappa shape index (κ1) is 19.7. The number of benzene rings is 1. The van der Waals surface area contributed by atoms with Crippen molar-refractivity contribution in [1.82, 2.24) is 10.6 Å². The molecule has 10 heteroatoms. The molecule has 1 heterocycles. The molecule has 0 spiro atoms. The summed E-state index contributed by atoms with van der Waals surface area (Å²) in [5, 5.41) is 3.62. The van der Waals surface area contributed by atoms with Crippen molar-refractivity contribution in [3.63, 3.8) is 0 Å². The molecule has 1 unspecified atom stereocenters. The van der Waals surface area contributed by atoms with Crippen LogP contribution in [0.5, 0.6) is 5.75 Å². The number of halogens is 3. The fraction of sp³-hybridized carbons (Fsp3) is 0.375. The summed E-state index contributed by atoms with van der Waals surface area (Å²) >= 11 is 0. The summed E-state index contributed by atoms with van der Waals surface area (Å²) < 4.78 is 55.1. The standard InChI is InChI=1S/C16H18F3N3O4/c1-3-6-25-9-4-5-10(11(7-9)16(17,18)19)12-8-13(26-22-12)14(21-20)15(23)24-2/h4-5,7-8,14,21H,3,6,20H2,1-2H3. The van der Waals surface area contributed by atoms with Crippen LogP contribution < -0.4 is 16.0 Å². The van der Waals surface area contributed by atoms with Crippen molar-refractivity contribution >= 4 is 5.97 Å². The summed E-state index contributed by atoms with van der Waals surface area (Å²) in [6.07, 6.45) is -3.97. The van der Waals surface area contributed by atoms with Crippen LogP contribution in [0.1, 0.15) is 30.7 Å². The van der Waals surface area contributed by atoms with Gasteiger partial charge in [-0.05, 0) is 24.6 Å². The Labute approximate surface area is 147 Å². The van der Waals surface area contributed by atoms with E-state index < -0.39 is 23.8 Å². The molecule has 26 heavy (non-hydrogen) atoms. The average Bonchev–Trinajstić information content (AvgIpc) is 3.09. The van der Waals surface area contributed by atoms with Gasteiger partial charge in [0.25, 0.3) is 0 Å². The van der Waals surface area contributed by atoms with Gasteiger partial charge >= 0.3 is 12.1 Å². The van der Waals surface area contributed by atoms with Gasteiger partial charge in [0.1, 0.15) is 11.4 Å². The predicted octanol–water partition coefficient (Wildman–Crippen LogP) is 2.83. The van der Waals surface area contributed by atoms with Crippen LogP contribution >= 0.6 is 0 Å². The minimum atomic E-state index is -4.63. The van der Waals surface area contributed by atoms with Crippen LogP contribution in [0.2, 0.25) is 0 Å². The van der Waals surface area contributed by atoms with E-state index in [-0.39, 0.29) is 22.8 Å². The third kappa shape index (κ3) is 4.33. The fourth-order valence-corrected chi connectivity index (χ4v) is 2.23. The van der Waals surface area contributed by atoms with Gasteiger partial charge in [0, 0.05) is 11.6 Å². The van der Waals surface area contributed by atoms with Gasteiger partial charge in [-0.25, -0.2) is 10.2 Å². The van der Waals surface area contributed by atoms with Crippen molar-refractivity contribution in [3.05, 3.63) is 35.6 Å². The number of hydrazine groups is 1. The quantitative estimate of drug-likeness (QED) is 0.437. The van der Waals surface area contributed by atoms with Crippen LogP contribution in [0.25, 0.3) is 11.3 Å². The first-order chi connectivity index (χ1) is 12.3. The molecule has 0 saturated carbocycles. The predicted molar refractivity (Wildman–Crippen MR) is 84.8 cm³/mol. The number of methoxy groups -OCH3 is 1. The lowest BCUT2D eigenvalue weighted by Gasteiger charge is -2.13. The van der Waals surface area contributed by atoms with Gasteiger partial charge in [-0.2, -0.15) is 13.2 Å².